The Kier molecular flexibility index (Phi) is 5.89. The van der Waals surface area contributed by atoms with Gasteiger partial charge >= 0.3 is 0 Å². The fourth-order valence-corrected chi connectivity index (χ4v) is 3.00. The minimum atomic E-state index is -3.57. The van der Waals surface area contributed by atoms with Crippen molar-refractivity contribution in [3.63, 3.8) is 0 Å². The minimum Gasteiger partial charge on any atom is -0.356 e. The number of hydrogen-bond donors (Lipinski definition) is 2. The van der Waals surface area contributed by atoms with Crippen LogP contribution in [-0.2, 0) is 21.4 Å². The van der Waals surface area contributed by atoms with Gasteiger partial charge in [0.1, 0.15) is 0 Å². The maximum absolute atomic E-state index is 12.3. The first-order valence-corrected chi connectivity index (χ1v) is 8.94. The van der Waals surface area contributed by atoms with E-state index in [1.165, 1.54) is 18.2 Å². The van der Waals surface area contributed by atoms with Crippen molar-refractivity contribution in [3.05, 3.63) is 71.3 Å². The van der Waals surface area contributed by atoms with Crippen molar-refractivity contribution in [2.24, 2.45) is 0 Å². The molecule has 0 aliphatic carbocycles. The highest BCUT2D eigenvalue weighted by Crippen LogP contribution is 2.12. The number of nitrogens with one attached hydrogen (secondary N) is 2. The lowest BCUT2D eigenvalue weighted by molar-refractivity contribution is -0.115. The molecule has 0 unspecified atom stereocenters. The molecule has 2 N–H and O–H groups in total. The first-order chi connectivity index (χ1) is 11.4. The van der Waals surface area contributed by atoms with Crippen LogP contribution in [0.1, 0.15) is 16.7 Å². The number of carbonyl (C=O) groups excluding carboxylic acids is 1. The molecule has 0 atom stereocenters. The Morgan fingerprint density at radius 3 is 2.25 bits per heavy atom. The second-order valence-corrected chi connectivity index (χ2v) is 7.09. The molecule has 0 spiro atoms. The molecule has 0 aliphatic rings. The van der Waals surface area contributed by atoms with Gasteiger partial charge in [0.25, 0.3) is 0 Å². The first kappa shape index (κ1) is 17.9. The molecule has 2 aromatic rings. The van der Waals surface area contributed by atoms with E-state index in [1.807, 2.05) is 31.2 Å². The molecule has 0 heterocycles. The van der Waals surface area contributed by atoms with Crippen LogP contribution in [0.15, 0.2) is 59.5 Å². The lowest BCUT2D eigenvalue weighted by Crippen LogP contribution is -2.23. The number of carbonyl (C=O) groups is 1. The Bertz CT molecular complexity index is 824. The summed E-state index contributed by atoms with van der Waals surface area (Å²) < 4.78 is 27.2. The van der Waals surface area contributed by atoms with Crippen LogP contribution in [0.5, 0.6) is 0 Å². The Morgan fingerprint density at radius 2 is 1.67 bits per heavy atom. The van der Waals surface area contributed by atoms with Gasteiger partial charge in [0.2, 0.25) is 15.9 Å². The SMILES string of the molecule is CNC(=O)/C=C/c1ccc(S(=O)(=O)NCc2ccc(C)cc2)cc1. The smallest absolute Gasteiger partial charge is 0.243 e. The number of rotatable bonds is 6. The lowest BCUT2D eigenvalue weighted by Gasteiger charge is -2.07. The van der Waals surface area contributed by atoms with Gasteiger partial charge in [0, 0.05) is 19.7 Å². The van der Waals surface area contributed by atoms with E-state index in [9.17, 15) is 13.2 Å². The molecule has 5 nitrogen and oxygen atoms in total. The van der Waals surface area contributed by atoms with Gasteiger partial charge in [-0.3, -0.25) is 4.79 Å². The van der Waals surface area contributed by atoms with Crippen molar-refractivity contribution in [1.29, 1.82) is 0 Å². The Balaban J connectivity index is 2.05. The van der Waals surface area contributed by atoms with Crippen molar-refractivity contribution in [2.75, 3.05) is 7.05 Å². The fourth-order valence-electron chi connectivity index (χ4n) is 1.98. The molecule has 1 amide bonds. The number of amides is 1. The van der Waals surface area contributed by atoms with Gasteiger partial charge in [-0.2, -0.15) is 0 Å². The van der Waals surface area contributed by atoms with Crippen molar-refractivity contribution in [3.8, 4) is 0 Å². The monoisotopic (exact) mass is 344 g/mol. The molecular weight excluding hydrogens is 324 g/mol. The van der Waals surface area contributed by atoms with E-state index in [-0.39, 0.29) is 17.3 Å². The molecular formula is C18H20N2O3S. The molecule has 0 aromatic heterocycles. The fraction of sp³-hybridized carbons (Fsp3) is 0.167. The molecule has 0 saturated carbocycles. The highest BCUT2D eigenvalue weighted by molar-refractivity contribution is 7.89. The predicted octanol–water partition coefficient (Wildman–Crippen LogP) is 2.23. The summed E-state index contributed by atoms with van der Waals surface area (Å²) in [5, 5.41) is 2.47. The van der Waals surface area contributed by atoms with E-state index in [2.05, 4.69) is 10.0 Å². The van der Waals surface area contributed by atoms with Crippen molar-refractivity contribution in [1.82, 2.24) is 10.0 Å². The maximum Gasteiger partial charge on any atom is 0.243 e. The molecule has 6 heteroatoms. The zero-order chi connectivity index (χ0) is 17.6. The molecule has 0 radical (unpaired) electrons. The quantitative estimate of drug-likeness (QED) is 0.789. The molecule has 0 fully saturated rings. The highest BCUT2D eigenvalue weighted by Gasteiger charge is 2.13. The largest absolute Gasteiger partial charge is 0.356 e. The van der Waals surface area contributed by atoms with Crippen molar-refractivity contribution in [2.45, 2.75) is 18.4 Å². The van der Waals surface area contributed by atoms with E-state index in [0.717, 1.165) is 16.7 Å². The van der Waals surface area contributed by atoms with Crippen LogP contribution in [0.4, 0.5) is 0 Å². The summed E-state index contributed by atoms with van der Waals surface area (Å²) in [6, 6.07) is 14.0. The number of sulfonamides is 1. The number of likely N-dealkylation sites (N-methyl/N-ethyl adjacent to an activating group) is 1. The van der Waals surface area contributed by atoms with Crippen LogP contribution >= 0.6 is 0 Å². The van der Waals surface area contributed by atoms with Gasteiger partial charge < -0.3 is 5.32 Å². The van der Waals surface area contributed by atoms with E-state index in [1.54, 1.807) is 25.3 Å². The third kappa shape index (κ3) is 5.04. The van der Waals surface area contributed by atoms with Crippen LogP contribution in [0, 0.1) is 6.92 Å². The van der Waals surface area contributed by atoms with Gasteiger partial charge in [-0.1, -0.05) is 42.0 Å². The zero-order valence-corrected chi connectivity index (χ0v) is 14.4. The molecule has 126 valence electrons. The van der Waals surface area contributed by atoms with Gasteiger partial charge in [-0.15, -0.1) is 0 Å². The number of aryl methyl sites for hydroxylation is 1. The van der Waals surface area contributed by atoms with Crippen LogP contribution in [0.3, 0.4) is 0 Å². The second-order valence-electron chi connectivity index (χ2n) is 5.33. The van der Waals surface area contributed by atoms with Gasteiger partial charge in [-0.05, 0) is 36.3 Å². The Morgan fingerprint density at radius 1 is 1.04 bits per heavy atom. The molecule has 0 bridgehead atoms. The lowest BCUT2D eigenvalue weighted by atomic mass is 10.2. The third-order valence-corrected chi connectivity index (χ3v) is 4.87. The molecule has 0 aliphatic heterocycles. The van der Waals surface area contributed by atoms with Gasteiger partial charge in [0.15, 0.2) is 0 Å². The average Bonchev–Trinajstić information content (AvgIpc) is 2.59. The van der Waals surface area contributed by atoms with E-state index in [0.29, 0.717) is 0 Å². The van der Waals surface area contributed by atoms with E-state index < -0.39 is 10.0 Å². The summed E-state index contributed by atoms with van der Waals surface area (Å²) in [4.78, 5) is 11.3. The van der Waals surface area contributed by atoms with Crippen LogP contribution in [-0.4, -0.2) is 21.4 Å². The third-order valence-electron chi connectivity index (χ3n) is 3.45. The molecule has 0 saturated heterocycles. The van der Waals surface area contributed by atoms with Gasteiger partial charge in [-0.25, -0.2) is 13.1 Å². The highest BCUT2D eigenvalue weighted by atomic mass is 32.2. The normalized spacial score (nSPS) is 11.6. The molecule has 2 rings (SSSR count). The number of hydrogen-bond acceptors (Lipinski definition) is 3. The summed E-state index contributed by atoms with van der Waals surface area (Å²) in [5.74, 6) is -0.216. The maximum atomic E-state index is 12.3. The summed E-state index contributed by atoms with van der Waals surface area (Å²) in [6.07, 6.45) is 3.01. The van der Waals surface area contributed by atoms with E-state index in [4.69, 9.17) is 0 Å². The zero-order valence-electron chi connectivity index (χ0n) is 13.6. The Hall–Kier alpha value is -2.44. The summed E-state index contributed by atoms with van der Waals surface area (Å²) in [7, 11) is -2.03. The second kappa shape index (κ2) is 7.90. The van der Waals surface area contributed by atoms with Crippen LogP contribution in [0.2, 0.25) is 0 Å². The minimum absolute atomic E-state index is 0.187. The van der Waals surface area contributed by atoms with Crippen molar-refractivity contribution >= 4 is 22.0 Å². The van der Waals surface area contributed by atoms with Crippen LogP contribution in [0.25, 0.3) is 6.08 Å². The summed E-state index contributed by atoms with van der Waals surface area (Å²) in [6.45, 7) is 2.22. The average molecular weight is 344 g/mol. The van der Waals surface area contributed by atoms with Crippen molar-refractivity contribution < 1.29 is 13.2 Å². The number of benzene rings is 2. The standard InChI is InChI=1S/C18H20N2O3S/c1-14-3-5-16(6-4-14)13-20-24(22,23)17-10-7-15(8-11-17)9-12-18(21)19-2/h3-12,20H,13H2,1-2H3,(H,19,21)/b12-9+. The first-order valence-electron chi connectivity index (χ1n) is 7.46. The summed E-state index contributed by atoms with van der Waals surface area (Å²) in [5.41, 5.74) is 2.77. The van der Waals surface area contributed by atoms with Crippen LogP contribution < -0.4 is 10.0 Å². The topological polar surface area (TPSA) is 75.3 Å². The Labute approximate surface area is 142 Å². The van der Waals surface area contributed by atoms with E-state index >= 15 is 0 Å². The predicted molar refractivity (Wildman–Crippen MR) is 94.7 cm³/mol. The summed E-state index contributed by atoms with van der Waals surface area (Å²) >= 11 is 0. The van der Waals surface area contributed by atoms with Gasteiger partial charge in [0.05, 0.1) is 4.90 Å². The molecule has 24 heavy (non-hydrogen) atoms. The molecule has 2 aromatic carbocycles.